The molecular weight excluding hydrogens is 298 g/mol. The van der Waals surface area contributed by atoms with Gasteiger partial charge in [-0.3, -0.25) is 4.79 Å². The van der Waals surface area contributed by atoms with Crippen LogP contribution in [0.25, 0.3) is 0 Å². The average Bonchev–Trinajstić information content (AvgIpc) is 2.76. The van der Waals surface area contributed by atoms with E-state index in [-0.39, 0.29) is 12.1 Å². The third-order valence-electron chi connectivity index (χ3n) is 2.84. The number of ether oxygens (including phenoxy) is 1. The monoisotopic (exact) mass is 315 g/mol. The lowest BCUT2D eigenvalue weighted by Gasteiger charge is -2.18. The lowest BCUT2D eigenvalue weighted by Crippen LogP contribution is -2.38. The topological polar surface area (TPSA) is 84.7 Å². The van der Waals surface area contributed by atoms with E-state index in [2.05, 4.69) is 18.1 Å². The molecule has 3 amide bonds. The maximum Gasteiger partial charge on any atom is 0.332 e. The van der Waals surface area contributed by atoms with E-state index in [0.717, 1.165) is 14.7 Å². The number of nitrogens with one attached hydrogen (secondary N) is 1. The van der Waals surface area contributed by atoms with Crippen molar-refractivity contribution in [3.05, 3.63) is 16.0 Å². The van der Waals surface area contributed by atoms with Crippen LogP contribution < -0.4 is 15.4 Å². The molecule has 6 nitrogen and oxygen atoms in total. The van der Waals surface area contributed by atoms with Crippen LogP contribution in [0.15, 0.2) is 0 Å². The summed E-state index contributed by atoms with van der Waals surface area (Å²) in [4.78, 5) is 24.6. The van der Waals surface area contributed by atoms with Crippen molar-refractivity contribution in [2.24, 2.45) is 5.73 Å². The molecule has 0 fully saturated rings. The minimum atomic E-state index is -0.546. The van der Waals surface area contributed by atoms with Gasteiger partial charge in [-0.25, -0.2) is 9.10 Å². The molecule has 0 aromatic carbocycles. The van der Waals surface area contributed by atoms with Crippen molar-refractivity contribution in [2.75, 3.05) is 10.9 Å². The normalized spacial score (nSPS) is 14.0. The van der Waals surface area contributed by atoms with E-state index in [1.54, 1.807) is 0 Å². The molecule has 0 radical (unpaired) electrons. The Morgan fingerprint density at radius 1 is 1.50 bits per heavy atom. The fourth-order valence-electron chi connectivity index (χ4n) is 2.02. The Hall–Kier alpha value is -1.25. The van der Waals surface area contributed by atoms with Crippen LogP contribution >= 0.6 is 24.2 Å². The average molecular weight is 315 g/mol. The molecule has 1 aromatic rings. The van der Waals surface area contributed by atoms with Crippen molar-refractivity contribution in [1.29, 1.82) is 0 Å². The number of fused-ring (bicyclic) bond motifs is 1. The molecule has 3 N–H and O–H groups in total. The van der Waals surface area contributed by atoms with Crippen molar-refractivity contribution in [3.8, 4) is 0 Å². The highest BCUT2D eigenvalue weighted by Crippen LogP contribution is 2.39. The van der Waals surface area contributed by atoms with E-state index in [4.69, 9.17) is 10.5 Å². The number of carbonyl (C=O) groups excluding carboxylic acids is 2. The summed E-state index contributed by atoms with van der Waals surface area (Å²) in [5, 5.41) is 3.17. The van der Waals surface area contributed by atoms with Crippen molar-refractivity contribution in [3.63, 3.8) is 0 Å². The lowest BCUT2D eigenvalue weighted by atomic mass is 10.1. The number of rotatable bonds is 3. The number of thiophene rings is 1. The lowest BCUT2D eigenvalue weighted by molar-refractivity contribution is 0.0991. The van der Waals surface area contributed by atoms with Crippen LogP contribution in [0.2, 0.25) is 0 Å². The summed E-state index contributed by atoms with van der Waals surface area (Å²) < 4.78 is 6.51. The maximum absolute atomic E-state index is 12.0. The molecule has 1 aromatic heterocycles. The molecule has 0 saturated heterocycles. The second-order valence-electron chi connectivity index (χ2n) is 4.77. The largest absolute Gasteiger partial charge is 0.376 e. The Bertz CT molecular complexity index is 542. The van der Waals surface area contributed by atoms with Crippen LogP contribution in [0.1, 0.15) is 34.6 Å². The zero-order valence-corrected chi connectivity index (χ0v) is 13.0. The Kier molecular flexibility index (Phi) is 4.56. The molecule has 110 valence electrons. The van der Waals surface area contributed by atoms with Crippen LogP contribution in [0.3, 0.4) is 0 Å². The van der Waals surface area contributed by atoms with E-state index in [1.807, 2.05) is 13.8 Å². The number of carbonyl (C=O) groups is 2. The van der Waals surface area contributed by atoms with Crippen LogP contribution in [-0.4, -0.2) is 24.6 Å². The molecule has 0 bridgehead atoms. The first kappa shape index (κ1) is 15.1. The quantitative estimate of drug-likeness (QED) is 0.742. The first-order chi connectivity index (χ1) is 9.41. The molecule has 0 aliphatic carbocycles. The second-order valence-corrected chi connectivity index (χ2v) is 6.25. The number of anilines is 1. The molecule has 0 unspecified atom stereocenters. The van der Waals surface area contributed by atoms with Gasteiger partial charge in [-0.05, 0) is 25.8 Å². The van der Waals surface area contributed by atoms with Gasteiger partial charge in [0.15, 0.2) is 0 Å². The Morgan fingerprint density at radius 2 is 2.20 bits per heavy atom. The molecule has 0 atom stereocenters. The molecule has 0 spiro atoms. The van der Waals surface area contributed by atoms with Gasteiger partial charge in [0.05, 0.1) is 18.8 Å². The number of nitrogens with two attached hydrogens (primary N) is 1. The van der Waals surface area contributed by atoms with E-state index in [0.29, 0.717) is 30.2 Å². The molecule has 8 heteroatoms. The first-order valence-electron chi connectivity index (χ1n) is 6.23. The fraction of sp³-hybridized carbons (Fsp3) is 0.500. The van der Waals surface area contributed by atoms with Gasteiger partial charge < -0.3 is 15.8 Å². The summed E-state index contributed by atoms with van der Waals surface area (Å²) in [6.07, 6.45) is 0.623. The Labute approximate surface area is 126 Å². The molecule has 1 aliphatic rings. The molecule has 2 heterocycles. The van der Waals surface area contributed by atoms with Gasteiger partial charge in [0, 0.05) is 10.9 Å². The number of amides is 3. The van der Waals surface area contributed by atoms with E-state index in [1.165, 1.54) is 11.3 Å². The zero-order valence-electron chi connectivity index (χ0n) is 11.3. The van der Waals surface area contributed by atoms with E-state index >= 15 is 0 Å². The Morgan fingerprint density at radius 3 is 2.80 bits per heavy atom. The number of urea groups is 1. The van der Waals surface area contributed by atoms with Crippen LogP contribution in [0, 0.1) is 0 Å². The highest BCUT2D eigenvalue weighted by Gasteiger charge is 2.28. The van der Waals surface area contributed by atoms with Gasteiger partial charge in [-0.2, -0.15) is 0 Å². The molecule has 20 heavy (non-hydrogen) atoms. The molecule has 0 saturated carbocycles. The van der Waals surface area contributed by atoms with Gasteiger partial charge in [0.25, 0.3) is 5.91 Å². The number of hydrogen-bond acceptors (Lipinski definition) is 5. The van der Waals surface area contributed by atoms with Crippen molar-refractivity contribution >= 4 is 41.1 Å². The summed E-state index contributed by atoms with van der Waals surface area (Å²) in [5.41, 5.74) is 6.71. The fourth-order valence-corrected chi connectivity index (χ4v) is 3.50. The van der Waals surface area contributed by atoms with Crippen molar-refractivity contribution < 1.29 is 14.3 Å². The first-order valence-corrected chi connectivity index (χ1v) is 7.45. The molecule has 1 aliphatic heterocycles. The number of thiol groups is 1. The van der Waals surface area contributed by atoms with Gasteiger partial charge in [-0.15, -0.1) is 11.3 Å². The molecular formula is C12H17N3O3S2. The van der Waals surface area contributed by atoms with Crippen LogP contribution in [0.4, 0.5) is 9.80 Å². The standard InChI is InChI=1S/C12H17N3O3S2/c1-6(2)14-12(17)15(19)11-9(10(13)16)7-3-4-18-5-8(7)20-11/h6,19H,3-5H2,1-2H3,(H2,13,16)(H,14,17). The Balaban J connectivity index is 2.38. The van der Waals surface area contributed by atoms with Crippen LogP contribution in [0.5, 0.6) is 0 Å². The summed E-state index contributed by atoms with van der Waals surface area (Å²) >= 11 is 5.51. The zero-order chi connectivity index (χ0) is 14.9. The van der Waals surface area contributed by atoms with E-state index in [9.17, 15) is 9.59 Å². The van der Waals surface area contributed by atoms with Crippen LogP contribution in [-0.2, 0) is 17.8 Å². The number of hydrogen-bond donors (Lipinski definition) is 3. The number of nitrogens with zero attached hydrogens (tertiary/aromatic N) is 1. The predicted molar refractivity (Wildman–Crippen MR) is 81.3 cm³/mol. The minimum absolute atomic E-state index is 0.0212. The second kappa shape index (κ2) is 6.02. The van der Waals surface area contributed by atoms with Gasteiger partial charge in [0.1, 0.15) is 5.00 Å². The highest BCUT2D eigenvalue weighted by atomic mass is 32.1. The highest BCUT2D eigenvalue weighted by molar-refractivity contribution is 7.83. The minimum Gasteiger partial charge on any atom is -0.376 e. The smallest absolute Gasteiger partial charge is 0.332 e. The van der Waals surface area contributed by atoms with E-state index < -0.39 is 5.91 Å². The van der Waals surface area contributed by atoms with Gasteiger partial charge in [0.2, 0.25) is 0 Å². The van der Waals surface area contributed by atoms with Crippen molar-refractivity contribution in [1.82, 2.24) is 5.32 Å². The third kappa shape index (κ3) is 2.92. The van der Waals surface area contributed by atoms with Gasteiger partial charge in [-0.1, -0.05) is 12.8 Å². The SMILES string of the molecule is CC(C)NC(=O)N(S)c1sc2c(c1C(N)=O)CCOC2. The summed E-state index contributed by atoms with van der Waals surface area (Å²) in [6, 6.07) is -0.405. The third-order valence-corrected chi connectivity index (χ3v) is 4.55. The van der Waals surface area contributed by atoms with Gasteiger partial charge >= 0.3 is 6.03 Å². The summed E-state index contributed by atoms with van der Waals surface area (Å²) in [6.45, 7) is 4.69. The number of primary amides is 1. The maximum atomic E-state index is 12.0. The van der Waals surface area contributed by atoms with Crippen molar-refractivity contribution in [2.45, 2.75) is 32.9 Å². The summed E-state index contributed by atoms with van der Waals surface area (Å²) in [7, 11) is 0. The predicted octanol–water partition coefficient (Wildman–Crippen LogP) is 1.69. The summed E-state index contributed by atoms with van der Waals surface area (Å²) in [5.74, 6) is -0.546. The molecule has 2 rings (SSSR count).